The first kappa shape index (κ1) is 42.1. The third kappa shape index (κ3) is 7.93. The van der Waals surface area contributed by atoms with Gasteiger partial charge in [0.2, 0.25) is 6.29 Å². The SMILES string of the molecule is C#Cc1c(F)ccc2cc(O)cc(-c3ncc4c(N5CC6CCC(C5)N6C(=O)OC(C)OC(=O)[C@H](Cc5ccccc5)N(C)C)nc(OC[C@@]56CCCN5C[C@H](F)C6)nc4c3F)c12. The van der Waals surface area contributed by atoms with Crippen molar-refractivity contribution in [2.75, 3.05) is 51.8 Å². The molecule has 6 heterocycles. The Morgan fingerprint density at radius 3 is 2.54 bits per heavy atom. The minimum atomic E-state index is -1.16. The normalized spacial score (nSPS) is 22.9. The number of anilines is 1. The molecule has 3 unspecified atom stereocenters. The number of phenolic OH excluding ortho intramolecular Hbond substituents is 1. The number of fused-ring (bicyclic) bond motifs is 5. The minimum Gasteiger partial charge on any atom is -0.508 e. The van der Waals surface area contributed by atoms with Crippen LogP contribution in [0, 0.1) is 24.0 Å². The van der Waals surface area contributed by atoms with E-state index in [4.69, 9.17) is 25.6 Å². The van der Waals surface area contributed by atoms with Crippen LogP contribution in [0.5, 0.6) is 11.8 Å². The lowest BCUT2D eigenvalue weighted by Crippen LogP contribution is -2.56. The van der Waals surface area contributed by atoms with E-state index in [1.807, 2.05) is 35.2 Å². The lowest BCUT2D eigenvalue weighted by molar-refractivity contribution is -0.171. The Morgan fingerprint density at radius 2 is 1.81 bits per heavy atom. The third-order valence-electron chi connectivity index (χ3n) is 13.0. The van der Waals surface area contributed by atoms with Crippen LogP contribution < -0.4 is 9.64 Å². The van der Waals surface area contributed by atoms with Crippen LogP contribution in [0.3, 0.4) is 0 Å². The van der Waals surface area contributed by atoms with E-state index in [0.29, 0.717) is 43.4 Å². The standard InChI is InChI=1S/C47H48F3N7O6/c1-5-34-37(49)15-12-29-19-33(58)20-35(39(29)34)41-40(50)42-36(22-51-41)43(53-45(52-42)61-26-47-16-9-17-56(47)23-30(48)21-47)55-24-31-13-14-32(25-55)57(31)46(60)63-27(2)62-44(59)38(54(3)4)18-28-10-7-6-8-11-28/h1,6-8,10-12,15,19-20,22,27,30-32,38,58H,9,13-14,16-18,21,23-26H2,2-4H3/t27?,30-,31?,32?,38+,47+/m1/s1. The van der Waals surface area contributed by atoms with E-state index in [2.05, 4.69) is 20.8 Å². The van der Waals surface area contributed by atoms with Crippen molar-refractivity contribution < 1.29 is 42.1 Å². The molecule has 1 amide bonds. The summed E-state index contributed by atoms with van der Waals surface area (Å²) in [4.78, 5) is 48.5. The number of nitrogens with zero attached hydrogens (tertiary/aromatic N) is 7. The summed E-state index contributed by atoms with van der Waals surface area (Å²) >= 11 is 0. The van der Waals surface area contributed by atoms with Crippen molar-refractivity contribution in [2.45, 2.75) is 81.6 Å². The van der Waals surface area contributed by atoms with Crippen molar-refractivity contribution >= 4 is 39.6 Å². The number of esters is 1. The van der Waals surface area contributed by atoms with E-state index in [0.717, 1.165) is 24.9 Å². The number of rotatable bonds is 11. The topological polar surface area (TPSA) is 134 Å². The zero-order chi connectivity index (χ0) is 44.2. The molecule has 4 aliphatic rings. The minimum absolute atomic E-state index is 0.0680. The number of pyridine rings is 1. The second-order valence-electron chi connectivity index (χ2n) is 17.3. The van der Waals surface area contributed by atoms with E-state index in [1.165, 1.54) is 37.4 Å². The number of hydrogen-bond donors (Lipinski definition) is 1. The van der Waals surface area contributed by atoms with E-state index in [1.54, 1.807) is 23.9 Å². The first-order chi connectivity index (χ1) is 30.3. The van der Waals surface area contributed by atoms with Gasteiger partial charge in [0.15, 0.2) is 5.82 Å². The van der Waals surface area contributed by atoms with Gasteiger partial charge in [-0.2, -0.15) is 9.97 Å². The fraction of sp³-hybridized carbons (Fsp3) is 0.426. The molecular formula is C47H48F3N7O6. The molecule has 63 heavy (non-hydrogen) atoms. The van der Waals surface area contributed by atoms with E-state index < -0.39 is 47.7 Å². The first-order valence-corrected chi connectivity index (χ1v) is 21.3. The maximum Gasteiger partial charge on any atom is 0.413 e. The van der Waals surface area contributed by atoms with Crippen LogP contribution in [0.15, 0.2) is 60.8 Å². The average Bonchev–Trinajstić information content (AvgIpc) is 3.88. The second-order valence-corrected chi connectivity index (χ2v) is 17.3. The van der Waals surface area contributed by atoms with Gasteiger partial charge < -0.3 is 24.2 Å². The highest BCUT2D eigenvalue weighted by atomic mass is 19.1. The molecule has 4 aliphatic heterocycles. The number of alkyl halides is 1. The van der Waals surface area contributed by atoms with Crippen LogP contribution in [0.1, 0.15) is 50.2 Å². The first-order valence-electron chi connectivity index (χ1n) is 21.3. The average molecular weight is 864 g/mol. The van der Waals surface area contributed by atoms with Gasteiger partial charge in [-0.15, -0.1) is 6.42 Å². The Labute approximate surface area is 362 Å². The maximum absolute atomic E-state index is 17.2. The Hall–Kier alpha value is -6.18. The number of ether oxygens (including phenoxy) is 3. The summed E-state index contributed by atoms with van der Waals surface area (Å²) in [6.45, 7) is 3.25. The van der Waals surface area contributed by atoms with Gasteiger partial charge in [-0.05, 0) is 81.9 Å². The predicted octanol–water partition coefficient (Wildman–Crippen LogP) is 6.62. The van der Waals surface area contributed by atoms with Crippen LogP contribution in [-0.4, -0.2) is 130 Å². The summed E-state index contributed by atoms with van der Waals surface area (Å²) < 4.78 is 64.7. The highest BCUT2D eigenvalue weighted by Crippen LogP contribution is 2.43. The number of terminal acetylenes is 1. The van der Waals surface area contributed by atoms with Crippen LogP contribution >= 0.6 is 0 Å². The molecule has 6 atom stereocenters. The largest absolute Gasteiger partial charge is 0.508 e. The number of likely N-dealkylation sites (N-methyl/N-ethyl adjacent to an activating group) is 1. The molecule has 9 rings (SSSR count). The summed E-state index contributed by atoms with van der Waals surface area (Å²) in [7, 11) is 3.57. The molecule has 4 fully saturated rings. The Morgan fingerprint density at radius 1 is 1.05 bits per heavy atom. The van der Waals surface area contributed by atoms with E-state index in [9.17, 15) is 19.1 Å². The highest BCUT2D eigenvalue weighted by Gasteiger charge is 2.50. The number of hydrogen-bond acceptors (Lipinski definition) is 12. The van der Waals surface area contributed by atoms with E-state index in [-0.39, 0.29) is 76.7 Å². The van der Waals surface area contributed by atoms with Crippen LogP contribution in [-0.2, 0) is 20.7 Å². The molecule has 5 aromatic rings. The van der Waals surface area contributed by atoms with Crippen LogP contribution in [0.2, 0.25) is 0 Å². The molecule has 4 saturated heterocycles. The Bertz CT molecular complexity index is 2620. The lowest BCUT2D eigenvalue weighted by atomic mass is 9.95. The Kier molecular flexibility index (Phi) is 11.3. The van der Waals surface area contributed by atoms with E-state index >= 15 is 8.78 Å². The molecule has 2 aromatic heterocycles. The van der Waals surface area contributed by atoms with Gasteiger partial charge in [-0.3, -0.25) is 24.5 Å². The molecule has 16 heteroatoms. The fourth-order valence-corrected chi connectivity index (χ4v) is 10.1. The number of aromatic nitrogens is 3. The number of benzene rings is 3. The summed E-state index contributed by atoms with van der Waals surface area (Å²) in [5, 5.41) is 11.5. The summed E-state index contributed by atoms with van der Waals surface area (Å²) in [5.41, 5.74) is 0.0154. The molecule has 0 saturated carbocycles. The van der Waals surface area contributed by atoms with Crippen molar-refractivity contribution in [3.8, 4) is 35.4 Å². The second kappa shape index (κ2) is 16.8. The van der Waals surface area contributed by atoms with Gasteiger partial charge >= 0.3 is 18.1 Å². The maximum atomic E-state index is 17.2. The zero-order valence-corrected chi connectivity index (χ0v) is 35.3. The molecule has 13 nitrogen and oxygen atoms in total. The van der Waals surface area contributed by atoms with Gasteiger partial charge in [-0.25, -0.2) is 18.0 Å². The molecule has 0 radical (unpaired) electrons. The van der Waals surface area contributed by atoms with Gasteiger partial charge in [0, 0.05) is 50.1 Å². The monoisotopic (exact) mass is 863 g/mol. The van der Waals surface area contributed by atoms with Gasteiger partial charge in [0.1, 0.15) is 47.4 Å². The molecule has 1 N–H and O–H groups in total. The van der Waals surface area contributed by atoms with Crippen molar-refractivity contribution in [2.24, 2.45) is 0 Å². The lowest BCUT2D eigenvalue weighted by Gasteiger charge is -2.41. The highest BCUT2D eigenvalue weighted by molar-refractivity contribution is 6.03. The van der Waals surface area contributed by atoms with Gasteiger partial charge in [0.05, 0.1) is 28.6 Å². The van der Waals surface area contributed by atoms with Crippen molar-refractivity contribution in [3.63, 3.8) is 0 Å². The van der Waals surface area contributed by atoms with Crippen LogP contribution in [0.4, 0.5) is 23.8 Å². The number of piperazine rings is 1. The van der Waals surface area contributed by atoms with Gasteiger partial charge in [0.25, 0.3) is 0 Å². The zero-order valence-electron chi connectivity index (χ0n) is 35.3. The van der Waals surface area contributed by atoms with Crippen molar-refractivity contribution in [1.29, 1.82) is 0 Å². The molecule has 328 valence electrons. The Balaban J connectivity index is 1.01. The predicted molar refractivity (Wildman–Crippen MR) is 229 cm³/mol. The number of amides is 1. The molecule has 0 spiro atoms. The fourth-order valence-electron chi connectivity index (χ4n) is 10.1. The van der Waals surface area contributed by atoms with Crippen LogP contribution in [0.25, 0.3) is 32.9 Å². The number of phenols is 1. The van der Waals surface area contributed by atoms with Gasteiger partial charge in [-0.1, -0.05) is 42.3 Å². The summed E-state index contributed by atoms with van der Waals surface area (Å²) in [6.07, 6.45) is 8.03. The number of carbonyl (C=O) groups excluding carboxylic acids is 2. The number of halogens is 3. The molecule has 2 bridgehead atoms. The number of aromatic hydroxyl groups is 1. The molecular weight excluding hydrogens is 816 g/mol. The summed E-state index contributed by atoms with van der Waals surface area (Å²) in [6, 6.07) is 13.5. The smallest absolute Gasteiger partial charge is 0.413 e. The third-order valence-corrected chi connectivity index (χ3v) is 13.0. The van der Waals surface area contributed by atoms with Crippen molar-refractivity contribution in [3.05, 3.63) is 83.6 Å². The van der Waals surface area contributed by atoms with Crippen molar-refractivity contribution in [1.82, 2.24) is 29.7 Å². The quantitative estimate of drug-likeness (QED) is 0.0870. The molecule has 0 aliphatic carbocycles. The molecule has 3 aromatic carbocycles. The number of carbonyl (C=O) groups is 2. The summed E-state index contributed by atoms with van der Waals surface area (Å²) in [5.74, 6) is 0.391.